The number of likely N-dealkylation sites (tertiary alicyclic amines) is 1. The first kappa shape index (κ1) is 30.3. The predicted octanol–water partition coefficient (Wildman–Crippen LogP) is 7.35. The summed E-state index contributed by atoms with van der Waals surface area (Å²) >= 11 is 1.60. The number of benzene rings is 1. The fraction of sp³-hybridized carbons (Fsp3) is 0.567. The second-order valence-electron chi connectivity index (χ2n) is 13.1. The van der Waals surface area contributed by atoms with Crippen LogP contribution in [-0.4, -0.2) is 52.1 Å². The fourth-order valence-electron chi connectivity index (χ4n) is 4.56. The molecule has 1 aliphatic rings. The average Bonchev–Trinajstić information content (AvgIpc) is 3.56. The third-order valence-corrected chi connectivity index (χ3v) is 13.2. The van der Waals surface area contributed by atoms with Crippen LogP contribution < -0.4 is 4.74 Å². The van der Waals surface area contributed by atoms with Crippen molar-refractivity contribution in [1.29, 1.82) is 0 Å². The lowest BCUT2D eigenvalue weighted by Crippen LogP contribution is -2.45. The Morgan fingerprint density at radius 1 is 1.12 bits per heavy atom. The van der Waals surface area contributed by atoms with Gasteiger partial charge in [0.25, 0.3) is 0 Å². The third-order valence-electron chi connectivity index (χ3n) is 7.72. The molecule has 40 heavy (non-hydrogen) atoms. The number of aryl methyl sites for hydroxylation is 1. The van der Waals surface area contributed by atoms with E-state index in [9.17, 15) is 4.79 Å². The van der Waals surface area contributed by atoms with Gasteiger partial charge in [-0.05, 0) is 51.9 Å². The molecule has 218 valence electrons. The van der Waals surface area contributed by atoms with Crippen LogP contribution in [0.4, 0.5) is 4.79 Å². The Bertz CT molecular complexity index is 1310. The second kappa shape index (κ2) is 11.7. The molecule has 0 aliphatic carbocycles. The van der Waals surface area contributed by atoms with Crippen LogP contribution in [0.5, 0.6) is 5.75 Å². The first-order chi connectivity index (χ1) is 18.6. The summed E-state index contributed by atoms with van der Waals surface area (Å²) in [5.41, 5.74) is 3.29. The minimum Gasteiger partial charge on any atom is -0.488 e. The minimum absolute atomic E-state index is 0.0712. The highest BCUT2D eigenvalue weighted by atomic mass is 32.1. The molecule has 1 saturated heterocycles. The normalized spacial score (nSPS) is 18.3. The van der Waals surface area contributed by atoms with Crippen molar-refractivity contribution in [3.63, 3.8) is 0 Å². The molecule has 0 unspecified atom stereocenters. The van der Waals surface area contributed by atoms with Gasteiger partial charge in [-0.15, -0.1) is 11.3 Å². The van der Waals surface area contributed by atoms with E-state index in [0.29, 0.717) is 26.1 Å². The standard InChI is InChI=1S/C30H44N4O4SSi/c1-21-26(39-20-32-21)19-36-25-13-11-10-12-22(25)17-33-15-14-31-27(33)24-16-23(38-40(8,9)30(5,6)7)18-34(24)28(35)37-29(2,3)4/h10-15,20,23-24H,16-19H2,1-9H3/t23-,24+/m1/s1. The summed E-state index contributed by atoms with van der Waals surface area (Å²) in [6.45, 7) is 20.4. The third kappa shape index (κ3) is 7.14. The summed E-state index contributed by atoms with van der Waals surface area (Å²) in [6, 6.07) is 7.81. The summed E-state index contributed by atoms with van der Waals surface area (Å²) in [5, 5.41) is 0.0712. The lowest BCUT2D eigenvalue weighted by molar-refractivity contribution is 0.0201. The molecule has 8 nitrogen and oxygen atoms in total. The Balaban J connectivity index is 1.58. The quantitative estimate of drug-likeness (QED) is 0.258. The van der Waals surface area contributed by atoms with E-state index < -0.39 is 13.9 Å². The van der Waals surface area contributed by atoms with Crippen molar-refractivity contribution in [3.05, 3.63) is 64.1 Å². The van der Waals surface area contributed by atoms with Crippen molar-refractivity contribution < 1.29 is 18.7 Å². The van der Waals surface area contributed by atoms with Crippen molar-refractivity contribution in [2.24, 2.45) is 0 Å². The lowest BCUT2D eigenvalue weighted by Gasteiger charge is -2.38. The van der Waals surface area contributed by atoms with Crippen LogP contribution in [0.25, 0.3) is 0 Å². The summed E-state index contributed by atoms with van der Waals surface area (Å²) in [7, 11) is -2.04. The molecular formula is C30H44N4O4SSi. The number of carbonyl (C=O) groups excluding carboxylic acids is 1. The Kier molecular flexibility index (Phi) is 8.82. The van der Waals surface area contributed by atoms with Crippen LogP contribution in [0.1, 0.15) is 76.0 Å². The van der Waals surface area contributed by atoms with E-state index in [1.165, 1.54) is 0 Å². The molecule has 2 atom stereocenters. The van der Waals surface area contributed by atoms with Crippen LogP contribution in [-0.2, 0) is 22.3 Å². The van der Waals surface area contributed by atoms with Crippen LogP contribution in [0.15, 0.2) is 42.2 Å². The number of imidazole rings is 1. The van der Waals surface area contributed by atoms with Gasteiger partial charge in [0.2, 0.25) is 0 Å². The molecule has 4 rings (SSSR count). The molecule has 3 heterocycles. The van der Waals surface area contributed by atoms with Crippen LogP contribution in [0.3, 0.4) is 0 Å². The monoisotopic (exact) mass is 584 g/mol. The van der Waals surface area contributed by atoms with Gasteiger partial charge in [0.1, 0.15) is 23.8 Å². The van der Waals surface area contributed by atoms with Gasteiger partial charge in [0, 0.05) is 30.9 Å². The molecule has 0 spiro atoms. The number of thiazole rings is 1. The number of hydrogen-bond acceptors (Lipinski definition) is 7. The predicted molar refractivity (Wildman–Crippen MR) is 161 cm³/mol. The smallest absolute Gasteiger partial charge is 0.411 e. The molecule has 1 amide bonds. The zero-order valence-corrected chi connectivity index (χ0v) is 27.2. The first-order valence-corrected chi connectivity index (χ1v) is 17.7. The molecule has 1 fully saturated rings. The highest BCUT2D eigenvalue weighted by Gasteiger charge is 2.46. The SMILES string of the molecule is Cc1ncsc1COc1ccccc1Cn1ccnc1[C@@H]1C[C@@H](O[Si](C)(C)C(C)(C)C)CN1C(=O)OC(C)(C)C. The lowest BCUT2D eigenvalue weighted by atomic mass is 10.1. The van der Waals surface area contributed by atoms with Gasteiger partial charge in [0.05, 0.1) is 34.8 Å². The minimum atomic E-state index is -2.04. The maximum absolute atomic E-state index is 13.4. The van der Waals surface area contributed by atoms with E-state index in [-0.39, 0.29) is 23.3 Å². The van der Waals surface area contributed by atoms with Gasteiger partial charge in [-0.3, -0.25) is 4.90 Å². The number of para-hydroxylation sites is 1. The summed E-state index contributed by atoms with van der Waals surface area (Å²) in [4.78, 5) is 25.4. The number of hydrogen-bond donors (Lipinski definition) is 0. The van der Waals surface area contributed by atoms with Crippen molar-refractivity contribution in [2.45, 2.75) is 104 Å². The van der Waals surface area contributed by atoms with Gasteiger partial charge in [-0.1, -0.05) is 39.0 Å². The van der Waals surface area contributed by atoms with Gasteiger partial charge < -0.3 is 18.5 Å². The van der Waals surface area contributed by atoms with E-state index in [1.807, 2.05) is 57.6 Å². The van der Waals surface area contributed by atoms with Crippen molar-refractivity contribution in [3.8, 4) is 5.75 Å². The Hall–Kier alpha value is -2.69. The average molecular weight is 585 g/mol. The van der Waals surface area contributed by atoms with Gasteiger partial charge in [-0.25, -0.2) is 14.8 Å². The van der Waals surface area contributed by atoms with E-state index in [0.717, 1.165) is 27.7 Å². The van der Waals surface area contributed by atoms with Gasteiger partial charge >= 0.3 is 6.09 Å². The fourth-order valence-corrected chi connectivity index (χ4v) is 6.61. The zero-order valence-electron chi connectivity index (χ0n) is 25.4. The Morgan fingerprint density at radius 2 is 1.85 bits per heavy atom. The van der Waals surface area contributed by atoms with Crippen LogP contribution in [0, 0.1) is 6.92 Å². The zero-order chi connectivity index (χ0) is 29.3. The molecule has 3 aromatic rings. The molecule has 0 bridgehead atoms. The maximum atomic E-state index is 13.4. The number of rotatable bonds is 8. The highest BCUT2D eigenvalue weighted by Crippen LogP contribution is 2.41. The summed E-state index contributed by atoms with van der Waals surface area (Å²) in [5.74, 6) is 1.64. The van der Waals surface area contributed by atoms with E-state index in [1.54, 1.807) is 22.4 Å². The molecule has 0 saturated carbocycles. The number of amides is 1. The topological polar surface area (TPSA) is 78.7 Å². The Morgan fingerprint density at radius 3 is 2.50 bits per heavy atom. The molecule has 10 heteroatoms. The summed E-state index contributed by atoms with van der Waals surface area (Å²) < 4.78 is 21.0. The number of carbonyl (C=O) groups is 1. The van der Waals surface area contributed by atoms with Crippen molar-refractivity contribution in [2.75, 3.05) is 6.54 Å². The molecule has 0 radical (unpaired) electrons. The Labute approximate surface area is 243 Å². The number of nitrogens with zero attached hydrogens (tertiary/aromatic N) is 4. The molecule has 1 aliphatic heterocycles. The van der Waals surface area contributed by atoms with Crippen molar-refractivity contribution in [1.82, 2.24) is 19.4 Å². The molecule has 2 aromatic heterocycles. The largest absolute Gasteiger partial charge is 0.488 e. The van der Waals surface area contributed by atoms with E-state index in [2.05, 4.69) is 49.5 Å². The van der Waals surface area contributed by atoms with Crippen molar-refractivity contribution >= 4 is 25.7 Å². The molecule has 1 aromatic carbocycles. The highest BCUT2D eigenvalue weighted by molar-refractivity contribution is 7.09. The first-order valence-electron chi connectivity index (χ1n) is 13.9. The molecule has 0 N–H and O–H groups in total. The van der Waals surface area contributed by atoms with Gasteiger partial charge in [0.15, 0.2) is 8.32 Å². The van der Waals surface area contributed by atoms with E-state index >= 15 is 0 Å². The maximum Gasteiger partial charge on any atom is 0.411 e. The summed E-state index contributed by atoms with van der Waals surface area (Å²) in [6.07, 6.45) is 4.02. The number of aromatic nitrogens is 3. The van der Waals surface area contributed by atoms with E-state index in [4.69, 9.17) is 18.9 Å². The number of ether oxygens (including phenoxy) is 2. The second-order valence-corrected chi connectivity index (χ2v) is 18.8. The molecular weight excluding hydrogens is 541 g/mol. The van der Waals surface area contributed by atoms with Gasteiger partial charge in [-0.2, -0.15) is 0 Å². The van der Waals surface area contributed by atoms with Crippen LogP contribution in [0.2, 0.25) is 18.1 Å². The van der Waals surface area contributed by atoms with Crippen LogP contribution >= 0.6 is 11.3 Å².